The van der Waals surface area contributed by atoms with Gasteiger partial charge in [-0.05, 0) is 73.3 Å². The third-order valence-electron chi connectivity index (χ3n) is 9.36. The van der Waals surface area contributed by atoms with Gasteiger partial charge in [0.05, 0.1) is 17.6 Å². The zero-order chi connectivity index (χ0) is 35.9. The van der Waals surface area contributed by atoms with E-state index in [0.29, 0.717) is 5.92 Å². The van der Waals surface area contributed by atoms with Crippen LogP contribution in [0.15, 0.2) is 78.8 Å². The number of carbonyl (C=O) groups excluding carboxylic acids is 1. The second-order valence-corrected chi connectivity index (χ2v) is 15.7. The van der Waals surface area contributed by atoms with Crippen LogP contribution in [0.2, 0.25) is 0 Å². The van der Waals surface area contributed by atoms with Gasteiger partial charge in [-0.1, -0.05) is 91.5 Å². The van der Waals surface area contributed by atoms with Crippen molar-refractivity contribution in [1.29, 1.82) is 0 Å². The van der Waals surface area contributed by atoms with E-state index in [1.807, 2.05) is 56.0 Å². The number of nitrogens with zero attached hydrogens (tertiary/aromatic N) is 2. The Bertz CT molecular complexity index is 1910. The van der Waals surface area contributed by atoms with Gasteiger partial charge in [0.25, 0.3) is 0 Å². The van der Waals surface area contributed by atoms with Gasteiger partial charge in [0, 0.05) is 66.2 Å². The van der Waals surface area contributed by atoms with Crippen LogP contribution in [-0.2, 0) is 36.7 Å². The first kappa shape index (κ1) is 41.1. The van der Waals surface area contributed by atoms with Crippen LogP contribution in [0.3, 0.4) is 0 Å². The largest absolute Gasteiger partial charge is 0.512 e. The first-order valence-corrected chi connectivity index (χ1v) is 18.8. The van der Waals surface area contributed by atoms with Crippen LogP contribution < -0.4 is 4.57 Å². The van der Waals surface area contributed by atoms with Crippen LogP contribution >= 0.6 is 11.3 Å². The summed E-state index contributed by atoms with van der Waals surface area (Å²) in [5.74, 6) is 1.18. The van der Waals surface area contributed by atoms with Crippen LogP contribution in [0, 0.1) is 30.9 Å². The summed E-state index contributed by atoms with van der Waals surface area (Å²) in [4.78, 5) is 17.9. The minimum absolute atomic E-state index is 0. The van der Waals surface area contributed by atoms with E-state index in [-0.39, 0.29) is 48.9 Å². The Labute approximate surface area is 318 Å². The van der Waals surface area contributed by atoms with Crippen molar-refractivity contribution in [3.63, 3.8) is 0 Å². The Balaban J connectivity index is 0.000000361. The van der Waals surface area contributed by atoms with E-state index in [0.717, 1.165) is 60.0 Å². The topological polar surface area (TPSA) is 54.1 Å². The molecule has 1 N–H and O–H groups in total. The molecule has 0 bridgehead atoms. The smallest absolute Gasteiger partial charge is 0.162 e. The molecule has 269 valence electrons. The number of aliphatic hydroxyl groups is 1. The molecule has 0 fully saturated rings. The van der Waals surface area contributed by atoms with Crippen molar-refractivity contribution in [3.05, 3.63) is 102 Å². The molecular formula is C44H55IrN2O2S-. The number of aliphatic hydroxyl groups excluding tert-OH is 1. The molecule has 3 aromatic heterocycles. The number of pyridine rings is 2. The minimum atomic E-state index is 0. The molecule has 6 heteroatoms. The summed E-state index contributed by atoms with van der Waals surface area (Å²) < 4.78 is 3.23. The molecule has 2 aromatic carbocycles. The van der Waals surface area contributed by atoms with E-state index in [1.54, 1.807) is 0 Å². The molecule has 3 heterocycles. The van der Waals surface area contributed by atoms with E-state index in [4.69, 9.17) is 4.98 Å². The molecule has 0 amide bonds. The molecule has 0 saturated heterocycles. The standard InChI is InChI=1S/C31H31N2S.C13H24O2.Ir/c1-20(2)15-24-19-26-29(34-24)11-13-32-30(26)22-12-14-33(6)28(18-22)23-16-21-9-7-8-10-25(21)27(17-23)31(3,4)5;1-5-10(6-2)12(14)9-13(15)11(7-3)8-4;/h7-14,17-20H,6,15H2,1-5H3;9-11,14H,5-8H2,1-4H3;/q-1;;/b;12-9-;. The fourth-order valence-electron chi connectivity index (χ4n) is 6.43. The fourth-order valence-corrected chi connectivity index (χ4v) is 7.70. The average molecular weight is 868 g/mol. The van der Waals surface area contributed by atoms with E-state index >= 15 is 0 Å². The third-order valence-corrected chi connectivity index (χ3v) is 10.5. The number of ketones is 1. The monoisotopic (exact) mass is 868 g/mol. The van der Waals surface area contributed by atoms with E-state index in [9.17, 15) is 9.90 Å². The predicted molar refractivity (Wildman–Crippen MR) is 209 cm³/mol. The number of hydrogen-bond donors (Lipinski definition) is 1. The summed E-state index contributed by atoms with van der Waals surface area (Å²) in [6.45, 7) is 19.4. The second kappa shape index (κ2) is 18.3. The molecular weight excluding hydrogens is 813 g/mol. The average Bonchev–Trinajstić information content (AvgIpc) is 3.47. The van der Waals surface area contributed by atoms with Crippen LogP contribution in [0.25, 0.3) is 43.4 Å². The van der Waals surface area contributed by atoms with Gasteiger partial charge in [0.15, 0.2) is 5.78 Å². The minimum Gasteiger partial charge on any atom is -0.512 e. The van der Waals surface area contributed by atoms with E-state index in [1.165, 1.54) is 32.0 Å². The number of rotatable bonds is 11. The Morgan fingerprint density at radius 3 is 2.24 bits per heavy atom. The Kier molecular flexibility index (Phi) is 15.0. The number of benzene rings is 2. The fraction of sp³-hybridized carbons (Fsp3) is 0.409. The van der Waals surface area contributed by atoms with Crippen molar-refractivity contribution in [2.24, 2.45) is 17.8 Å². The maximum absolute atomic E-state index is 11.7. The third kappa shape index (κ3) is 9.93. The normalized spacial score (nSPS) is 12.0. The van der Waals surface area contributed by atoms with Gasteiger partial charge in [-0.15, -0.1) is 40.5 Å². The summed E-state index contributed by atoms with van der Waals surface area (Å²) in [5, 5.41) is 13.4. The maximum Gasteiger partial charge on any atom is 0.162 e. The number of thiophene rings is 1. The van der Waals surface area contributed by atoms with Crippen molar-refractivity contribution in [1.82, 2.24) is 4.98 Å². The van der Waals surface area contributed by atoms with Crippen LogP contribution in [-0.4, -0.2) is 15.9 Å². The number of allylic oxidation sites excluding steroid dienone is 2. The molecule has 0 spiro atoms. The van der Waals surface area contributed by atoms with E-state index < -0.39 is 0 Å². The molecule has 4 nitrogen and oxygen atoms in total. The summed E-state index contributed by atoms with van der Waals surface area (Å²) in [6.07, 6.45) is 9.97. The number of carbonyl (C=O) groups is 1. The number of aromatic nitrogens is 2. The molecule has 5 aromatic rings. The predicted octanol–water partition coefficient (Wildman–Crippen LogP) is 11.9. The molecule has 0 atom stereocenters. The molecule has 0 aliphatic rings. The Hall–Kier alpha value is -3.31. The SMILES string of the molecule is CCC(CC)C(=O)/C=C(\O)C(CC)CC.[CH2-][n+]1ccc(-c2nccc3sc(CC(C)C)cc23)cc1-c1[c-]c2ccccc2c(C(C)(C)C)c1.[Ir]. The summed E-state index contributed by atoms with van der Waals surface area (Å²) in [7, 11) is 4.28. The quantitative estimate of drug-likeness (QED) is 0.0623. The molecule has 0 saturated carbocycles. The van der Waals surface area contributed by atoms with Crippen molar-refractivity contribution >= 4 is 38.0 Å². The number of fused-ring (bicyclic) bond motifs is 2. The molecule has 50 heavy (non-hydrogen) atoms. The molecule has 1 radical (unpaired) electrons. The summed E-state index contributed by atoms with van der Waals surface area (Å²) in [6, 6.07) is 23.3. The van der Waals surface area contributed by atoms with Crippen molar-refractivity contribution in [2.45, 2.75) is 99.8 Å². The maximum atomic E-state index is 11.7. The number of hydrogen-bond acceptors (Lipinski definition) is 4. The Morgan fingerprint density at radius 2 is 1.62 bits per heavy atom. The van der Waals surface area contributed by atoms with Gasteiger partial charge in [0.2, 0.25) is 0 Å². The molecule has 0 unspecified atom stereocenters. The van der Waals surface area contributed by atoms with Crippen LogP contribution in [0.1, 0.15) is 98.4 Å². The molecule has 0 aliphatic heterocycles. The van der Waals surface area contributed by atoms with Gasteiger partial charge < -0.3 is 9.67 Å². The van der Waals surface area contributed by atoms with Crippen molar-refractivity contribution < 1.29 is 34.6 Å². The van der Waals surface area contributed by atoms with Gasteiger partial charge in [0.1, 0.15) is 5.69 Å². The second-order valence-electron chi connectivity index (χ2n) is 14.5. The first-order chi connectivity index (χ1) is 23.3. The van der Waals surface area contributed by atoms with Crippen molar-refractivity contribution in [3.8, 4) is 22.5 Å². The van der Waals surface area contributed by atoms with Crippen LogP contribution in [0.5, 0.6) is 0 Å². The van der Waals surface area contributed by atoms with Gasteiger partial charge >= 0.3 is 0 Å². The molecule has 5 rings (SSSR count). The zero-order valence-electron chi connectivity index (χ0n) is 31.4. The molecule has 0 aliphatic carbocycles. The Morgan fingerprint density at radius 1 is 0.960 bits per heavy atom. The van der Waals surface area contributed by atoms with Crippen LogP contribution in [0.4, 0.5) is 0 Å². The summed E-state index contributed by atoms with van der Waals surface area (Å²) in [5.41, 5.74) is 5.56. The van der Waals surface area contributed by atoms with Gasteiger partial charge in [-0.3, -0.25) is 9.78 Å². The van der Waals surface area contributed by atoms with Crippen molar-refractivity contribution in [2.75, 3.05) is 0 Å². The van der Waals surface area contributed by atoms with E-state index in [2.05, 4.69) is 102 Å². The van der Waals surface area contributed by atoms with Gasteiger partial charge in [-0.25, -0.2) is 0 Å². The van der Waals surface area contributed by atoms with Gasteiger partial charge in [-0.2, -0.15) is 0 Å². The zero-order valence-corrected chi connectivity index (χ0v) is 34.6. The first-order valence-electron chi connectivity index (χ1n) is 18.0. The summed E-state index contributed by atoms with van der Waals surface area (Å²) >= 11 is 1.88.